The second kappa shape index (κ2) is 7.53. The summed E-state index contributed by atoms with van der Waals surface area (Å²) in [7, 11) is 5.30. The fourth-order valence-corrected chi connectivity index (χ4v) is 2.54. The molecule has 0 spiro atoms. The molecule has 7 nitrogen and oxygen atoms in total. The van der Waals surface area contributed by atoms with Crippen molar-refractivity contribution >= 4 is 5.91 Å². The number of hydrogen-bond acceptors (Lipinski definition) is 5. The molecule has 2 rings (SSSR count). The minimum absolute atomic E-state index is 0.0432. The summed E-state index contributed by atoms with van der Waals surface area (Å²) in [5.74, 6) is 0.0432. The molecule has 1 aliphatic rings. The summed E-state index contributed by atoms with van der Waals surface area (Å²) in [6, 6.07) is -0.113. The molecule has 0 radical (unpaired) electrons. The van der Waals surface area contributed by atoms with Gasteiger partial charge in [-0.2, -0.15) is 5.10 Å². The first-order valence-electron chi connectivity index (χ1n) is 7.15. The van der Waals surface area contributed by atoms with Crippen molar-refractivity contribution in [2.45, 2.75) is 31.7 Å². The van der Waals surface area contributed by atoms with Crippen LogP contribution in [0, 0.1) is 0 Å². The third-order valence-corrected chi connectivity index (χ3v) is 3.82. The number of ether oxygens (including phenoxy) is 2. The van der Waals surface area contributed by atoms with Crippen LogP contribution in [0.15, 0.2) is 12.4 Å². The summed E-state index contributed by atoms with van der Waals surface area (Å²) in [4.78, 5) is 14.2. The van der Waals surface area contributed by atoms with E-state index in [1.54, 1.807) is 20.4 Å². The van der Waals surface area contributed by atoms with Gasteiger partial charge in [-0.1, -0.05) is 0 Å². The highest BCUT2D eigenvalue weighted by Crippen LogP contribution is 2.18. The third kappa shape index (κ3) is 4.26. The quantitative estimate of drug-likeness (QED) is 0.759. The summed E-state index contributed by atoms with van der Waals surface area (Å²) in [5, 5.41) is 7.19. The predicted octanol–water partition coefficient (Wildman–Crippen LogP) is -0.135. The Morgan fingerprint density at radius 3 is 3.00 bits per heavy atom. The number of carbonyl (C=O) groups excluding carboxylic acids is 1. The van der Waals surface area contributed by atoms with Gasteiger partial charge in [-0.05, 0) is 13.5 Å². The molecule has 21 heavy (non-hydrogen) atoms. The lowest BCUT2D eigenvalue weighted by molar-refractivity contribution is -0.125. The maximum atomic E-state index is 12.2. The molecule has 1 amide bonds. The van der Waals surface area contributed by atoms with E-state index in [4.69, 9.17) is 9.47 Å². The highest BCUT2D eigenvalue weighted by Gasteiger charge is 2.34. The normalized spacial score (nSPS) is 22.6. The van der Waals surface area contributed by atoms with Gasteiger partial charge < -0.3 is 14.8 Å². The molecule has 118 valence electrons. The van der Waals surface area contributed by atoms with Gasteiger partial charge in [-0.3, -0.25) is 14.4 Å². The zero-order valence-corrected chi connectivity index (χ0v) is 12.9. The number of aromatic nitrogens is 2. The number of rotatable bonds is 7. The molecule has 1 saturated heterocycles. The van der Waals surface area contributed by atoms with E-state index in [2.05, 4.69) is 10.4 Å². The van der Waals surface area contributed by atoms with Gasteiger partial charge in [-0.15, -0.1) is 0 Å². The lowest BCUT2D eigenvalue weighted by Gasteiger charge is -2.17. The van der Waals surface area contributed by atoms with Crippen molar-refractivity contribution in [3.63, 3.8) is 0 Å². The van der Waals surface area contributed by atoms with Gasteiger partial charge in [0.2, 0.25) is 5.91 Å². The molecule has 0 aliphatic carbocycles. The van der Waals surface area contributed by atoms with Crippen LogP contribution in [0.25, 0.3) is 0 Å². The number of hydrogen-bond donors (Lipinski definition) is 1. The van der Waals surface area contributed by atoms with Crippen molar-refractivity contribution < 1.29 is 14.3 Å². The molecular weight excluding hydrogens is 272 g/mol. The molecule has 0 unspecified atom stereocenters. The Bertz CT molecular complexity index is 463. The van der Waals surface area contributed by atoms with E-state index in [-0.39, 0.29) is 18.1 Å². The third-order valence-electron chi connectivity index (χ3n) is 3.82. The number of nitrogens with one attached hydrogen (secondary N) is 1. The standard InChI is InChI=1S/C14H24N4O3/c1-17-10-12(21-3)6-13(17)14(19)15-7-11-8-16-18(9-11)4-5-20-2/h8-9,12-13H,4-7,10H2,1-3H3,(H,15,19)/t12-,13-/m0/s1. The Kier molecular flexibility index (Phi) is 5.72. The van der Waals surface area contributed by atoms with E-state index >= 15 is 0 Å². The van der Waals surface area contributed by atoms with Gasteiger partial charge in [-0.25, -0.2) is 0 Å². The first kappa shape index (κ1) is 15.9. The average molecular weight is 296 g/mol. The molecule has 2 atom stereocenters. The summed E-state index contributed by atoms with van der Waals surface area (Å²) in [6.45, 7) is 2.63. The van der Waals surface area contributed by atoms with Crippen LogP contribution in [0.1, 0.15) is 12.0 Å². The number of amides is 1. The SMILES string of the molecule is COCCn1cc(CNC(=O)[C@@H]2C[C@H](OC)CN2C)cn1. The Labute approximate surface area is 125 Å². The van der Waals surface area contributed by atoms with E-state index in [0.717, 1.165) is 18.5 Å². The molecular formula is C14H24N4O3. The highest BCUT2D eigenvalue weighted by molar-refractivity contribution is 5.82. The van der Waals surface area contributed by atoms with Gasteiger partial charge in [0.25, 0.3) is 0 Å². The maximum Gasteiger partial charge on any atom is 0.237 e. The summed E-state index contributed by atoms with van der Waals surface area (Å²) >= 11 is 0. The summed E-state index contributed by atoms with van der Waals surface area (Å²) in [6.07, 6.45) is 4.58. The number of methoxy groups -OCH3 is 2. The second-order valence-electron chi connectivity index (χ2n) is 5.37. The van der Waals surface area contributed by atoms with Gasteiger partial charge in [0, 0.05) is 39.1 Å². The van der Waals surface area contributed by atoms with Gasteiger partial charge in [0.05, 0.1) is 31.5 Å². The van der Waals surface area contributed by atoms with Gasteiger partial charge >= 0.3 is 0 Å². The lowest BCUT2D eigenvalue weighted by Crippen LogP contribution is -2.41. The molecule has 0 aromatic carbocycles. The molecule has 1 N–H and O–H groups in total. The summed E-state index contributed by atoms with van der Waals surface area (Å²) in [5.41, 5.74) is 0.989. The Balaban J connectivity index is 1.80. The molecule has 1 fully saturated rings. The Morgan fingerprint density at radius 1 is 1.52 bits per heavy atom. The largest absolute Gasteiger partial charge is 0.383 e. The van der Waals surface area contributed by atoms with Crippen LogP contribution < -0.4 is 5.32 Å². The van der Waals surface area contributed by atoms with Crippen LogP contribution in [0.4, 0.5) is 0 Å². The fraction of sp³-hybridized carbons (Fsp3) is 0.714. The van der Waals surface area contributed by atoms with E-state index in [1.807, 2.05) is 22.8 Å². The maximum absolute atomic E-state index is 12.2. The van der Waals surface area contributed by atoms with Crippen molar-refractivity contribution in [1.29, 1.82) is 0 Å². The second-order valence-corrected chi connectivity index (χ2v) is 5.37. The molecule has 0 saturated carbocycles. The molecule has 1 aliphatic heterocycles. The number of nitrogens with zero attached hydrogens (tertiary/aromatic N) is 3. The molecule has 0 bridgehead atoms. The number of carbonyl (C=O) groups is 1. The minimum atomic E-state index is -0.113. The van der Waals surface area contributed by atoms with E-state index in [0.29, 0.717) is 19.7 Å². The van der Waals surface area contributed by atoms with Crippen molar-refractivity contribution in [2.24, 2.45) is 0 Å². The average Bonchev–Trinajstić information content (AvgIpc) is 3.09. The van der Waals surface area contributed by atoms with Crippen molar-refractivity contribution in [2.75, 3.05) is 34.4 Å². The zero-order valence-electron chi connectivity index (χ0n) is 12.9. The van der Waals surface area contributed by atoms with Crippen LogP contribution in [0.5, 0.6) is 0 Å². The van der Waals surface area contributed by atoms with Crippen molar-refractivity contribution in [1.82, 2.24) is 20.0 Å². The first-order chi connectivity index (χ1) is 10.1. The molecule has 2 heterocycles. The predicted molar refractivity (Wildman–Crippen MR) is 77.8 cm³/mol. The fourth-order valence-electron chi connectivity index (χ4n) is 2.54. The van der Waals surface area contributed by atoms with Crippen molar-refractivity contribution in [3.8, 4) is 0 Å². The number of likely N-dealkylation sites (tertiary alicyclic amines) is 1. The van der Waals surface area contributed by atoms with Crippen LogP contribution in [-0.2, 0) is 27.4 Å². The lowest BCUT2D eigenvalue weighted by atomic mass is 10.2. The monoisotopic (exact) mass is 296 g/mol. The van der Waals surface area contributed by atoms with E-state index in [1.165, 1.54) is 0 Å². The van der Waals surface area contributed by atoms with Gasteiger partial charge in [0.15, 0.2) is 0 Å². The molecule has 1 aromatic rings. The number of likely N-dealkylation sites (N-methyl/N-ethyl adjacent to an activating group) is 1. The Morgan fingerprint density at radius 2 is 2.33 bits per heavy atom. The highest BCUT2D eigenvalue weighted by atomic mass is 16.5. The van der Waals surface area contributed by atoms with Crippen LogP contribution in [0.3, 0.4) is 0 Å². The summed E-state index contributed by atoms with van der Waals surface area (Å²) < 4.78 is 12.1. The van der Waals surface area contributed by atoms with Crippen molar-refractivity contribution in [3.05, 3.63) is 18.0 Å². The van der Waals surface area contributed by atoms with Crippen LogP contribution in [0.2, 0.25) is 0 Å². The first-order valence-corrected chi connectivity index (χ1v) is 7.15. The molecule has 7 heteroatoms. The zero-order chi connectivity index (χ0) is 15.2. The topological polar surface area (TPSA) is 68.6 Å². The molecule has 1 aromatic heterocycles. The van der Waals surface area contributed by atoms with Gasteiger partial charge in [0.1, 0.15) is 0 Å². The van der Waals surface area contributed by atoms with Crippen LogP contribution in [-0.4, -0.2) is 67.2 Å². The Hall–Kier alpha value is -1.44. The van der Waals surface area contributed by atoms with E-state index in [9.17, 15) is 4.79 Å². The minimum Gasteiger partial charge on any atom is -0.383 e. The van der Waals surface area contributed by atoms with E-state index < -0.39 is 0 Å². The smallest absolute Gasteiger partial charge is 0.237 e. The van der Waals surface area contributed by atoms with Crippen LogP contribution >= 0.6 is 0 Å².